The predicted molar refractivity (Wildman–Crippen MR) is 78.9 cm³/mol. The lowest BCUT2D eigenvalue weighted by atomic mass is 10.3. The number of nitrogens with zero attached hydrogens (tertiary/aromatic N) is 1. The minimum absolute atomic E-state index is 0.264. The smallest absolute Gasteiger partial charge is 0.236 e. The van der Waals surface area contributed by atoms with Crippen LogP contribution in [0.2, 0.25) is 0 Å². The lowest BCUT2D eigenvalue weighted by Crippen LogP contribution is -2.37. The number of aryl methyl sites for hydroxylation is 2. The number of hydrogen-bond donors (Lipinski definition) is 2. The zero-order valence-corrected chi connectivity index (χ0v) is 13.0. The molecule has 0 aliphatic rings. The third-order valence-electron chi connectivity index (χ3n) is 2.82. The molecule has 0 fully saturated rings. The summed E-state index contributed by atoms with van der Waals surface area (Å²) in [6.45, 7) is 9.75. The minimum Gasteiger partial charge on any atom is -0.313 e. The Balaban J connectivity index is 2.78. The van der Waals surface area contributed by atoms with Crippen molar-refractivity contribution in [3.63, 3.8) is 0 Å². The summed E-state index contributed by atoms with van der Waals surface area (Å²) in [6.07, 6.45) is 0. The Morgan fingerprint density at radius 2 is 1.84 bits per heavy atom. The lowest BCUT2D eigenvalue weighted by molar-refractivity contribution is 0.553. The first-order chi connectivity index (χ1) is 8.72. The first kappa shape index (κ1) is 15.9. The van der Waals surface area contributed by atoms with E-state index < -0.39 is 15.3 Å². The third-order valence-corrected chi connectivity index (χ3v) is 4.55. The van der Waals surface area contributed by atoms with Crippen LogP contribution in [0, 0.1) is 13.8 Å². The van der Waals surface area contributed by atoms with Gasteiger partial charge in [0, 0.05) is 18.3 Å². The van der Waals surface area contributed by atoms with Crippen molar-refractivity contribution in [2.45, 2.75) is 45.9 Å². The van der Waals surface area contributed by atoms with Crippen LogP contribution in [0.4, 0.5) is 5.69 Å². The largest absolute Gasteiger partial charge is 0.313 e. The molecular formula is C13H23N3O2S. The highest BCUT2D eigenvalue weighted by Crippen LogP contribution is 2.16. The summed E-state index contributed by atoms with van der Waals surface area (Å²) in [5.74, 6) is 0. The minimum atomic E-state index is -3.40. The van der Waals surface area contributed by atoms with Crippen molar-refractivity contribution >= 4 is 15.7 Å². The average molecular weight is 285 g/mol. The fourth-order valence-electron chi connectivity index (χ4n) is 1.56. The molecule has 0 saturated heterocycles. The van der Waals surface area contributed by atoms with Crippen molar-refractivity contribution in [3.05, 3.63) is 23.5 Å². The highest BCUT2D eigenvalue weighted by atomic mass is 32.2. The van der Waals surface area contributed by atoms with E-state index in [2.05, 4.69) is 15.0 Å². The van der Waals surface area contributed by atoms with Crippen LogP contribution in [0.25, 0.3) is 0 Å². The maximum atomic E-state index is 12.2. The van der Waals surface area contributed by atoms with Crippen molar-refractivity contribution < 1.29 is 8.42 Å². The highest BCUT2D eigenvalue weighted by molar-refractivity contribution is 7.93. The average Bonchev–Trinajstić information content (AvgIpc) is 2.29. The van der Waals surface area contributed by atoms with Crippen LogP contribution >= 0.6 is 0 Å². The van der Waals surface area contributed by atoms with E-state index >= 15 is 0 Å². The summed E-state index contributed by atoms with van der Waals surface area (Å²) < 4.78 is 26.9. The van der Waals surface area contributed by atoms with E-state index in [4.69, 9.17) is 0 Å². The molecule has 1 aromatic rings. The number of nitrogens with one attached hydrogen (secondary N) is 2. The van der Waals surface area contributed by atoms with Gasteiger partial charge in [-0.15, -0.1) is 0 Å². The summed E-state index contributed by atoms with van der Waals surface area (Å²) >= 11 is 0. The lowest BCUT2D eigenvalue weighted by Gasteiger charge is -2.17. The fraction of sp³-hybridized carbons (Fsp3) is 0.615. The second-order valence-corrected chi connectivity index (χ2v) is 7.21. The van der Waals surface area contributed by atoms with Gasteiger partial charge in [0.25, 0.3) is 0 Å². The molecule has 0 aliphatic carbocycles. The van der Waals surface area contributed by atoms with Crippen molar-refractivity contribution in [1.29, 1.82) is 0 Å². The molecule has 6 heteroatoms. The molecule has 0 amide bonds. The first-order valence-corrected chi connectivity index (χ1v) is 7.96. The molecule has 0 bridgehead atoms. The summed E-state index contributed by atoms with van der Waals surface area (Å²) in [5.41, 5.74) is 2.10. The Hall–Kier alpha value is -1.14. The molecule has 1 unspecified atom stereocenters. The van der Waals surface area contributed by atoms with Gasteiger partial charge in [-0.1, -0.05) is 13.8 Å². The molecule has 0 radical (unpaired) electrons. The van der Waals surface area contributed by atoms with Crippen LogP contribution in [0.15, 0.2) is 12.1 Å². The monoisotopic (exact) mass is 285 g/mol. The van der Waals surface area contributed by atoms with Gasteiger partial charge in [0.15, 0.2) is 0 Å². The number of anilines is 1. The second-order valence-electron chi connectivity index (χ2n) is 5.11. The standard InChI is InChI=1S/C13H23N3O2S/c1-9(2)14-8-11(4)19(17,18)16-13-7-6-10(3)15-12(13)5/h6-7,9,11,14,16H,8H2,1-5H3. The molecule has 0 spiro atoms. The van der Waals surface area contributed by atoms with Crippen LogP contribution in [0.1, 0.15) is 32.2 Å². The van der Waals surface area contributed by atoms with E-state index in [-0.39, 0.29) is 6.04 Å². The summed E-state index contributed by atoms with van der Waals surface area (Å²) in [6, 6.07) is 3.81. The molecule has 1 atom stereocenters. The molecule has 1 aromatic heterocycles. The van der Waals surface area contributed by atoms with Crippen molar-refractivity contribution in [2.75, 3.05) is 11.3 Å². The molecule has 5 nitrogen and oxygen atoms in total. The van der Waals surface area contributed by atoms with E-state index in [1.165, 1.54) is 0 Å². The van der Waals surface area contributed by atoms with E-state index in [1.54, 1.807) is 26.0 Å². The maximum absolute atomic E-state index is 12.2. The van der Waals surface area contributed by atoms with Gasteiger partial charge in [0.05, 0.1) is 16.6 Å². The van der Waals surface area contributed by atoms with E-state index in [0.29, 0.717) is 17.9 Å². The van der Waals surface area contributed by atoms with Crippen molar-refractivity contribution in [3.8, 4) is 0 Å². The fourth-order valence-corrected chi connectivity index (χ4v) is 2.60. The zero-order chi connectivity index (χ0) is 14.6. The second kappa shape index (κ2) is 6.34. The molecular weight excluding hydrogens is 262 g/mol. The summed E-state index contributed by atoms with van der Waals surface area (Å²) in [4.78, 5) is 4.25. The third kappa shape index (κ3) is 4.80. The Morgan fingerprint density at radius 3 is 2.37 bits per heavy atom. The molecule has 1 rings (SSSR count). The summed E-state index contributed by atoms with van der Waals surface area (Å²) in [7, 11) is -3.40. The molecule has 0 aromatic carbocycles. The molecule has 1 heterocycles. The topological polar surface area (TPSA) is 71.1 Å². The van der Waals surface area contributed by atoms with Crippen molar-refractivity contribution in [2.24, 2.45) is 0 Å². The maximum Gasteiger partial charge on any atom is 0.236 e. The van der Waals surface area contributed by atoms with Gasteiger partial charge >= 0.3 is 0 Å². The number of rotatable bonds is 6. The van der Waals surface area contributed by atoms with Crippen LogP contribution in [-0.4, -0.2) is 31.2 Å². The van der Waals surface area contributed by atoms with E-state index in [0.717, 1.165) is 5.69 Å². The van der Waals surface area contributed by atoms with Crippen LogP contribution < -0.4 is 10.0 Å². The van der Waals surface area contributed by atoms with Gasteiger partial charge in [-0.2, -0.15) is 0 Å². The Kier molecular flexibility index (Phi) is 5.31. The zero-order valence-electron chi connectivity index (χ0n) is 12.2. The molecule has 108 valence electrons. The van der Waals surface area contributed by atoms with Gasteiger partial charge in [-0.3, -0.25) is 9.71 Å². The van der Waals surface area contributed by atoms with Gasteiger partial charge in [-0.05, 0) is 32.9 Å². The van der Waals surface area contributed by atoms with E-state index in [9.17, 15) is 8.42 Å². The predicted octanol–water partition coefficient (Wildman–Crippen LogP) is 1.83. The molecule has 0 saturated carbocycles. The quantitative estimate of drug-likeness (QED) is 0.836. The van der Waals surface area contributed by atoms with Gasteiger partial charge in [0.2, 0.25) is 10.0 Å². The van der Waals surface area contributed by atoms with Gasteiger partial charge < -0.3 is 5.32 Å². The number of aromatic nitrogens is 1. The normalized spacial score (nSPS) is 13.6. The molecule has 0 aliphatic heterocycles. The first-order valence-electron chi connectivity index (χ1n) is 6.41. The SMILES string of the molecule is Cc1ccc(NS(=O)(=O)C(C)CNC(C)C)c(C)n1. The Morgan fingerprint density at radius 1 is 1.21 bits per heavy atom. The Bertz CT molecular complexity index is 527. The van der Waals surface area contributed by atoms with Crippen molar-refractivity contribution in [1.82, 2.24) is 10.3 Å². The number of sulfonamides is 1. The highest BCUT2D eigenvalue weighted by Gasteiger charge is 2.21. The molecule has 2 N–H and O–H groups in total. The van der Waals surface area contributed by atoms with Crippen LogP contribution in [0.5, 0.6) is 0 Å². The molecule has 19 heavy (non-hydrogen) atoms. The van der Waals surface area contributed by atoms with Crippen LogP contribution in [0.3, 0.4) is 0 Å². The number of pyridine rings is 1. The van der Waals surface area contributed by atoms with Gasteiger partial charge in [0.1, 0.15) is 0 Å². The Labute approximate surface area is 115 Å². The summed E-state index contributed by atoms with van der Waals surface area (Å²) in [5, 5.41) is 2.62. The number of hydrogen-bond acceptors (Lipinski definition) is 4. The van der Waals surface area contributed by atoms with Crippen LogP contribution in [-0.2, 0) is 10.0 Å². The van der Waals surface area contributed by atoms with E-state index in [1.807, 2.05) is 20.8 Å². The van der Waals surface area contributed by atoms with Gasteiger partial charge in [-0.25, -0.2) is 8.42 Å².